The summed E-state index contributed by atoms with van der Waals surface area (Å²) in [5, 5.41) is 8.74. The first-order chi connectivity index (χ1) is 15.6. The van der Waals surface area contributed by atoms with Crippen LogP contribution < -0.4 is 5.32 Å². The van der Waals surface area contributed by atoms with E-state index in [0.29, 0.717) is 38.3 Å². The summed E-state index contributed by atoms with van der Waals surface area (Å²) >= 11 is 0. The smallest absolute Gasteiger partial charge is 0.243 e. The lowest BCUT2D eigenvalue weighted by Crippen LogP contribution is -2.41. The van der Waals surface area contributed by atoms with Crippen LogP contribution >= 0.6 is 0 Å². The maximum Gasteiger partial charge on any atom is 0.243 e. The number of hydrogen-bond acceptors (Lipinski definition) is 5. The highest BCUT2D eigenvalue weighted by Gasteiger charge is 2.28. The number of nitrogens with zero attached hydrogens (tertiary/aromatic N) is 4. The molecule has 0 radical (unpaired) electrons. The maximum absolute atomic E-state index is 12.6. The number of anilines is 1. The third kappa shape index (κ3) is 5.38. The van der Waals surface area contributed by atoms with Gasteiger partial charge >= 0.3 is 0 Å². The lowest BCUT2D eigenvalue weighted by Gasteiger charge is -2.31. The molecule has 4 rings (SSSR count). The van der Waals surface area contributed by atoms with Crippen molar-refractivity contribution >= 4 is 29.3 Å². The number of carbonyl (C=O) groups is 3. The average molecular weight is 434 g/mol. The highest BCUT2D eigenvalue weighted by atomic mass is 16.2. The van der Waals surface area contributed by atoms with Crippen molar-refractivity contribution in [2.45, 2.75) is 32.1 Å². The number of piperidine rings is 1. The van der Waals surface area contributed by atoms with E-state index < -0.39 is 0 Å². The predicted molar refractivity (Wildman–Crippen MR) is 121 cm³/mol. The Kier molecular flexibility index (Phi) is 6.89. The zero-order valence-corrected chi connectivity index (χ0v) is 17.9. The molecule has 0 atom stereocenters. The van der Waals surface area contributed by atoms with Crippen LogP contribution in [0.1, 0.15) is 37.7 Å². The molecule has 1 fully saturated rings. The minimum atomic E-state index is -0.141. The first kappa shape index (κ1) is 21.7. The molecule has 2 aliphatic rings. The summed E-state index contributed by atoms with van der Waals surface area (Å²) in [4.78, 5) is 43.4. The zero-order chi connectivity index (χ0) is 22.3. The lowest BCUT2D eigenvalue weighted by atomic mass is 9.95. The fourth-order valence-electron chi connectivity index (χ4n) is 4.03. The lowest BCUT2D eigenvalue weighted by molar-refractivity contribution is -0.138. The van der Waals surface area contributed by atoms with Crippen LogP contribution in [-0.4, -0.2) is 58.0 Å². The van der Waals surface area contributed by atoms with E-state index in [1.807, 2.05) is 36.4 Å². The Balaban J connectivity index is 1.20. The molecule has 1 aromatic heterocycles. The number of nitrogens with one attached hydrogen (secondary N) is 1. The molecule has 0 aliphatic carbocycles. The summed E-state index contributed by atoms with van der Waals surface area (Å²) in [6, 6.07) is 15.2. The van der Waals surface area contributed by atoms with Crippen LogP contribution in [0.4, 0.5) is 5.82 Å². The highest BCUT2D eigenvalue weighted by molar-refractivity contribution is 6.02. The molecular weight excluding hydrogens is 406 g/mol. The van der Waals surface area contributed by atoms with Gasteiger partial charge in [-0.05, 0) is 30.5 Å². The first-order valence-electron chi connectivity index (χ1n) is 11.0. The largest absolute Gasteiger partial charge is 0.343 e. The normalized spacial score (nSPS) is 16.6. The molecule has 0 spiro atoms. The Morgan fingerprint density at radius 1 is 0.906 bits per heavy atom. The third-order valence-electron chi connectivity index (χ3n) is 5.88. The van der Waals surface area contributed by atoms with Crippen molar-refractivity contribution in [3.8, 4) is 0 Å². The van der Waals surface area contributed by atoms with Crippen molar-refractivity contribution in [1.29, 1.82) is 0 Å². The second kappa shape index (κ2) is 10.2. The molecule has 3 amide bonds. The first-order valence-corrected chi connectivity index (χ1v) is 11.0. The number of amides is 3. The molecular formula is C24H27N5O3. The van der Waals surface area contributed by atoms with Gasteiger partial charge < -0.3 is 10.2 Å². The van der Waals surface area contributed by atoms with E-state index in [1.165, 1.54) is 5.01 Å². The highest BCUT2D eigenvalue weighted by Crippen LogP contribution is 2.20. The quantitative estimate of drug-likeness (QED) is 0.758. The summed E-state index contributed by atoms with van der Waals surface area (Å²) in [5.41, 5.74) is 1.92. The summed E-state index contributed by atoms with van der Waals surface area (Å²) in [6.07, 6.45) is 3.87. The van der Waals surface area contributed by atoms with E-state index in [1.54, 1.807) is 23.2 Å². The molecule has 2 aromatic rings. The molecule has 1 N–H and O–H groups in total. The van der Waals surface area contributed by atoms with Gasteiger partial charge in [-0.15, -0.1) is 0 Å². The van der Waals surface area contributed by atoms with Crippen molar-refractivity contribution in [2.24, 2.45) is 11.0 Å². The van der Waals surface area contributed by atoms with E-state index in [2.05, 4.69) is 15.4 Å². The molecule has 0 bridgehead atoms. The molecule has 2 aliphatic heterocycles. The van der Waals surface area contributed by atoms with Crippen molar-refractivity contribution in [1.82, 2.24) is 14.9 Å². The van der Waals surface area contributed by atoms with Gasteiger partial charge in [0.15, 0.2) is 0 Å². The molecule has 8 heteroatoms. The SMILES string of the molecule is O=C(Nc1ccccn1)C1CCN(C(=O)CCC(=O)N2CCC(c3ccccc3)=N2)CC1. The van der Waals surface area contributed by atoms with Crippen LogP contribution in [0, 0.1) is 5.92 Å². The standard InChI is InChI=1S/C24H27N5O3/c30-22(9-10-23(31)29-17-13-20(27-29)18-6-2-1-3-7-18)28-15-11-19(12-16-28)24(32)26-21-8-4-5-14-25-21/h1-8,14,19H,9-13,15-17H2,(H,25,26,32). The summed E-state index contributed by atoms with van der Waals surface area (Å²) in [6.45, 7) is 1.59. The number of aromatic nitrogens is 1. The molecule has 0 unspecified atom stereocenters. The summed E-state index contributed by atoms with van der Waals surface area (Å²) in [5.74, 6) is 0.155. The van der Waals surface area contributed by atoms with Gasteiger partial charge in [0.05, 0.1) is 12.3 Å². The van der Waals surface area contributed by atoms with Gasteiger partial charge in [0.2, 0.25) is 17.7 Å². The number of likely N-dealkylation sites (tertiary alicyclic amines) is 1. The molecule has 1 aromatic carbocycles. The van der Waals surface area contributed by atoms with Crippen LogP contribution in [-0.2, 0) is 14.4 Å². The van der Waals surface area contributed by atoms with Gasteiger partial charge in [0.1, 0.15) is 5.82 Å². The van der Waals surface area contributed by atoms with E-state index in [9.17, 15) is 14.4 Å². The minimum Gasteiger partial charge on any atom is -0.343 e. The van der Waals surface area contributed by atoms with Gasteiger partial charge in [-0.1, -0.05) is 36.4 Å². The van der Waals surface area contributed by atoms with Crippen molar-refractivity contribution in [2.75, 3.05) is 25.0 Å². The maximum atomic E-state index is 12.6. The summed E-state index contributed by atoms with van der Waals surface area (Å²) in [7, 11) is 0. The minimum absolute atomic E-state index is 0.0478. The van der Waals surface area contributed by atoms with Gasteiger partial charge in [-0.2, -0.15) is 5.10 Å². The zero-order valence-electron chi connectivity index (χ0n) is 17.9. The molecule has 3 heterocycles. The molecule has 166 valence electrons. The van der Waals surface area contributed by atoms with Crippen LogP contribution in [0.5, 0.6) is 0 Å². The third-order valence-corrected chi connectivity index (χ3v) is 5.88. The van der Waals surface area contributed by atoms with Gasteiger partial charge in [-0.3, -0.25) is 14.4 Å². The number of hydrogen-bond donors (Lipinski definition) is 1. The van der Waals surface area contributed by atoms with E-state index in [0.717, 1.165) is 17.7 Å². The monoisotopic (exact) mass is 433 g/mol. The van der Waals surface area contributed by atoms with E-state index in [4.69, 9.17) is 0 Å². The van der Waals surface area contributed by atoms with Crippen molar-refractivity contribution in [3.05, 3.63) is 60.3 Å². The van der Waals surface area contributed by atoms with E-state index in [-0.39, 0.29) is 36.5 Å². The van der Waals surface area contributed by atoms with Crippen molar-refractivity contribution < 1.29 is 14.4 Å². The number of hydrazone groups is 1. The van der Waals surface area contributed by atoms with Gasteiger partial charge in [-0.25, -0.2) is 9.99 Å². The predicted octanol–water partition coefficient (Wildman–Crippen LogP) is 2.68. The Labute approximate surface area is 187 Å². The Hall–Kier alpha value is -3.55. The van der Waals surface area contributed by atoms with Crippen LogP contribution in [0.2, 0.25) is 0 Å². The Morgan fingerprint density at radius 2 is 1.62 bits per heavy atom. The number of benzene rings is 1. The second-order valence-electron chi connectivity index (χ2n) is 8.04. The molecule has 0 saturated carbocycles. The number of carbonyl (C=O) groups excluding carboxylic acids is 3. The molecule has 32 heavy (non-hydrogen) atoms. The fourth-order valence-corrected chi connectivity index (χ4v) is 4.03. The topological polar surface area (TPSA) is 95.0 Å². The number of pyridine rings is 1. The van der Waals surface area contributed by atoms with Crippen LogP contribution in [0.25, 0.3) is 0 Å². The second-order valence-corrected chi connectivity index (χ2v) is 8.04. The summed E-state index contributed by atoms with van der Waals surface area (Å²) < 4.78 is 0. The van der Waals surface area contributed by atoms with E-state index >= 15 is 0 Å². The van der Waals surface area contributed by atoms with Gasteiger partial charge in [0.25, 0.3) is 0 Å². The molecule has 8 nitrogen and oxygen atoms in total. The van der Waals surface area contributed by atoms with Crippen LogP contribution in [0.15, 0.2) is 59.8 Å². The van der Waals surface area contributed by atoms with Gasteiger partial charge in [0, 0.05) is 44.5 Å². The number of rotatable bonds is 6. The Bertz CT molecular complexity index is 985. The average Bonchev–Trinajstić information content (AvgIpc) is 3.34. The van der Waals surface area contributed by atoms with Crippen LogP contribution in [0.3, 0.4) is 0 Å². The Morgan fingerprint density at radius 3 is 2.34 bits per heavy atom. The molecule has 1 saturated heterocycles. The fraction of sp³-hybridized carbons (Fsp3) is 0.375. The van der Waals surface area contributed by atoms with Crippen molar-refractivity contribution in [3.63, 3.8) is 0 Å².